The molecule has 4 rings (SSSR count). The lowest BCUT2D eigenvalue weighted by molar-refractivity contribution is -0.165. The number of rotatable bonds is 4. The number of esters is 2. The lowest BCUT2D eigenvalue weighted by Gasteiger charge is -2.41. The summed E-state index contributed by atoms with van der Waals surface area (Å²) in [5.41, 5.74) is -0.745. The number of carbonyl (C=O) groups excluding carboxylic acids is 2. The van der Waals surface area contributed by atoms with E-state index < -0.39 is 0 Å². The number of nitrogens with zero attached hydrogens (tertiary/aromatic N) is 2. The third kappa shape index (κ3) is 10.1. The van der Waals surface area contributed by atoms with Crippen molar-refractivity contribution in [1.29, 1.82) is 0 Å². The summed E-state index contributed by atoms with van der Waals surface area (Å²) in [6.07, 6.45) is 9.07. The highest BCUT2D eigenvalue weighted by atomic mass is 16.6. The first-order valence-electron chi connectivity index (χ1n) is 15.3. The highest BCUT2D eigenvalue weighted by molar-refractivity contribution is 5.74. The standard InChI is InChI=1S/2C15H28N2O2/c2*1-15(2,3)19-14(18)12-6-4-5-7-13(12)17-10-8-16-9-11-17/h2*12-13,16H,4-11H2,1-3H3/t2*12-,13-/m10/s1. The molecule has 0 aromatic heterocycles. The van der Waals surface area contributed by atoms with Crippen LogP contribution >= 0.6 is 0 Å². The van der Waals surface area contributed by atoms with Crippen LogP contribution in [0.3, 0.4) is 0 Å². The molecule has 2 aliphatic heterocycles. The molecule has 0 bridgehead atoms. The monoisotopic (exact) mass is 536 g/mol. The highest BCUT2D eigenvalue weighted by Gasteiger charge is 2.38. The second kappa shape index (κ2) is 14.4. The van der Waals surface area contributed by atoms with E-state index in [1.54, 1.807) is 0 Å². The maximum atomic E-state index is 12.4. The third-order valence-corrected chi connectivity index (χ3v) is 8.12. The molecule has 0 amide bonds. The van der Waals surface area contributed by atoms with Gasteiger partial charge in [-0.3, -0.25) is 19.4 Å². The molecular weight excluding hydrogens is 480 g/mol. The van der Waals surface area contributed by atoms with Gasteiger partial charge in [0, 0.05) is 64.4 Å². The zero-order valence-electron chi connectivity index (χ0n) is 25.2. The first kappa shape index (κ1) is 31.3. The molecule has 0 aromatic rings. The summed E-state index contributed by atoms with van der Waals surface area (Å²) >= 11 is 0. The molecule has 38 heavy (non-hydrogen) atoms. The van der Waals surface area contributed by atoms with Gasteiger partial charge in [-0.1, -0.05) is 25.7 Å². The SMILES string of the molecule is CC(C)(C)OC(=O)[C@@H]1CCCC[C@H]1N1CCNCC1.CC(C)(C)OC(=O)[C@H]1CCCC[C@@H]1N1CCNCC1. The molecule has 8 nitrogen and oxygen atoms in total. The van der Waals surface area contributed by atoms with Gasteiger partial charge in [0.25, 0.3) is 0 Å². The summed E-state index contributed by atoms with van der Waals surface area (Å²) in [6.45, 7) is 20.1. The van der Waals surface area contributed by atoms with Crippen molar-refractivity contribution in [3.63, 3.8) is 0 Å². The van der Waals surface area contributed by atoms with Gasteiger partial charge in [-0.2, -0.15) is 0 Å². The number of nitrogens with one attached hydrogen (secondary N) is 2. The average molecular weight is 537 g/mol. The van der Waals surface area contributed by atoms with E-state index in [4.69, 9.17) is 9.47 Å². The lowest BCUT2D eigenvalue weighted by Crippen LogP contribution is -2.53. The maximum absolute atomic E-state index is 12.4. The molecule has 2 aliphatic carbocycles. The molecule has 2 saturated carbocycles. The first-order chi connectivity index (χ1) is 17.9. The van der Waals surface area contributed by atoms with Crippen LogP contribution in [0, 0.1) is 11.8 Å². The molecule has 4 fully saturated rings. The second-order valence-electron chi connectivity index (χ2n) is 13.6. The number of hydrogen-bond acceptors (Lipinski definition) is 8. The minimum Gasteiger partial charge on any atom is -0.460 e. The predicted octanol–water partition coefficient (Wildman–Crippen LogP) is 3.58. The van der Waals surface area contributed by atoms with Crippen molar-refractivity contribution in [2.45, 2.75) is 116 Å². The Bertz CT molecular complexity index is 674. The molecule has 2 saturated heterocycles. The van der Waals surface area contributed by atoms with Gasteiger partial charge in [-0.15, -0.1) is 0 Å². The Kier molecular flexibility index (Phi) is 11.9. The summed E-state index contributed by atoms with van der Waals surface area (Å²) in [7, 11) is 0. The lowest BCUT2D eigenvalue weighted by atomic mass is 9.83. The fourth-order valence-corrected chi connectivity index (χ4v) is 6.43. The Balaban J connectivity index is 0.000000211. The van der Waals surface area contributed by atoms with E-state index in [2.05, 4.69) is 20.4 Å². The Labute approximate surface area is 231 Å². The predicted molar refractivity (Wildman–Crippen MR) is 152 cm³/mol. The van der Waals surface area contributed by atoms with E-state index in [9.17, 15) is 9.59 Å². The largest absolute Gasteiger partial charge is 0.460 e. The smallest absolute Gasteiger partial charge is 0.311 e. The minimum atomic E-state index is -0.372. The van der Waals surface area contributed by atoms with Crippen LogP contribution in [0.25, 0.3) is 0 Å². The van der Waals surface area contributed by atoms with Gasteiger partial charge in [0.05, 0.1) is 11.8 Å². The van der Waals surface area contributed by atoms with Gasteiger partial charge in [0.1, 0.15) is 11.2 Å². The molecule has 2 heterocycles. The van der Waals surface area contributed by atoms with Crippen LogP contribution in [0.2, 0.25) is 0 Å². The molecule has 220 valence electrons. The topological polar surface area (TPSA) is 83.1 Å². The first-order valence-corrected chi connectivity index (χ1v) is 15.3. The molecule has 4 aliphatic rings. The Morgan fingerprint density at radius 3 is 1.21 bits per heavy atom. The average Bonchev–Trinajstić information content (AvgIpc) is 2.88. The molecule has 0 unspecified atom stereocenters. The van der Waals surface area contributed by atoms with E-state index in [-0.39, 0.29) is 35.0 Å². The molecule has 2 N–H and O–H groups in total. The van der Waals surface area contributed by atoms with Gasteiger partial charge < -0.3 is 20.1 Å². The Hall–Kier alpha value is -1.22. The Morgan fingerprint density at radius 1 is 0.579 bits per heavy atom. The van der Waals surface area contributed by atoms with Crippen molar-refractivity contribution < 1.29 is 19.1 Å². The van der Waals surface area contributed by atoms with Gasteiger partial charge in [0.2, 0.25) is 0 Å². The van der Waals surface area contributed by atoms with E-state index >= 15 is 0 Å². The fraction of sp³-hybridized carbons (Fsp3) is 0.933. The normalized spacial score (nSPS) is 30.1. The van der Waals surface area contributed by atoms with Crippen LogP contribution in [0.5, 0.6) is 0 Å². The van der Waals surface area contributed by atoms with Crippen LogP contribution < -0.4 is 10.6 Å². The molecule has 0 aromatic carbocycles. The third-order valence-electron chi connectivity index (χ3n) is 8.12. The zero-order chi connectivity index (χ0) is 27.8. The van der Waals surface area contributed by atoms with Crippen LogP contribution in [0.1, 0.15) is 92.9 Å². The van der Waals surface area contributed by atoms with Gasteiger partial charge in [-0.05, 0) is 67.2 Å². The van der Waals surface area contributed by atoms with E-state index in [1.165, 1.54) is 12.8 Å². The van der Waals surface area contributed by atoms with Crippen molar-refractivity contribution >= 4 is 11.9 Å². The number of carbonyl (C=O) groups is 2. The minimum absolute atomic E-state index is 0.00994. The zero-order valence-corrected chi connectivity index (χ0v) is 25.2. The van der Waals surface area contributed by atoms with Crippen molar-refractivity contribution in [2.24, 2.45) is 11.8 Å². The van der Waals surface area contributed by atoms with Crippen LogP contribution in [0.4, 0.5) is 0 Å². The van der Waals surface area contributed by atoms with E-state index in [1.807, 2.05) is 41.5 Å². The van der Waals surface area contributed by atoms with Crippen molar-refractivity contribution in [3.8, 4) is 0 Å². The van der Waals surface area contributed by atoms with E-state index in [0.29, 0.717) is 12.1 Å². The van der Waals surface area contributed by atoms with Crippen molar-refractivity contribution in [3.05, 3.63) is 0 Å². The summed E-state index contributed by atoms with van der Waals surface area (Å²) < 4.78 is 11.2. The fourth-order valence-electron chi connectivity index (χ4n) is 6.43. The van der Waals surface area contributed by atoms with Gasteiger partial charge in [-0.25, -0.2) is 0 Å². The number of hydrogen-bond donors (Lipinski definition) is 2. The summed E-state index contributed by atoms with van der Waals surface area (Å²) in [4.78, 5) is 29.8. The van der Waals surface area contributed by atoms with Gasteiger partial charge >= 0.3 is 11.9 Å². The van der Waals surface area contributed by atoms with E-state index in [0.717, 1.165) is 90.9 Å². The van der Waals surface area contributed by atoms with Crippen LogP contribution in [0.15, 0.2) is 0 Å². The molecule has 0 radical (unpaired) electrons. The van der Waals surface area contributed by atoms with Gasteiger partial charge in [0.15, 0.2) is 0 Å². The molecule has 4 atom stereocenters. The maximum Gasteiger partial charge on any atom is 0.311 e. The Morgan fingerprint density at radius 2 is 0.895 bits per heavy atom. The number of piperazine rings is 2. The molecule has 0 spiro atoms. The highest BCUT2D eigenvalue weighted by Crippen LogP contribution is 2.32. The summed E-state index contributed by atoms with van der Waals surface area (Å²) in [6, 6.07) is 0.788. The second-order valence-corrected chi connectivity index (χ2v) is 13.6. The van der Waals surface area contributed by atoms with Crippen molar-refractivity contribution in [1.82, 2.24) is 20.4 Å². The molecule has 8 heteroatoms. The van der Waals surface area contributed by atoms with Crippen molar-refractivity contribution in [2.75, 3.05) is 52.4 Å². The van der Waals surface area contributed by atoms with Crippen LogP contribution in [-0.4, -0.2) is 97.4 Å². The quantitative estimate of drug-likeness (QED) is 0.528. The van der Waals surface area contributed by atoms with Crippen LogP contribution in [-0.2, 0) is 19.1 Å². The number of ether oxygens (including phenoxy) is 2. The molecular formula is C30H56N4O4. The summed E-state index contributed by atoms with van der Waals surface area (Å²) in [5.74, 6) is 0.170. The summed E-state index contributed by atoms with van der Waals surface area (Å²) in [5, 5.41) is 6.76.